The van der Waals surface area contributed by atoms with Crippen molar-refractivity contribution in [3.63, 3.8) is 0 Å². The van der Waals surface area contributed by atoms with E-state index >= 15 is 0 Å². The molecule has 0 bridgehead atoms. The summed E-state index contributed by atoms with van der Waals surface area (Å²) >= 11 is 2.50. The maximum Gasteiger partial charge on any atom is 0.0771 e. The zero-order valence-electron chi connectivity index (χ0n) is 10.2. The molecule has 1 rings (SSSR count). The highest BCUT2D eigenvalue weighted by molar-refractivity contribution is 14.1. The zero-order valence-corrected chi connectivity index (χ0v) is 12.4. The van der Waals surface area contributed by atoms with Gasteiger partial charge in [-0.25, -0.2) is 0 Å². The van der Waals surface area contributed by atoms with Gasteiger partial charge in [0.2, 0.25) is 0 Å². The standard InChI is InChI=1S/C13H25IO/c1-3-7-12(2)10-15-13(11-14)8-5-4-6-9-13/h12H,3-11H2,1-2H3. The van der Waals surface area contributed by atoms with Gasteiger partial charge in [-0.15, -0.1) is 0 Å². The molecule has 1 unspecified atom stereocenters. The van der Waals surface area contributed by atoms with Gasteiger partial charge in [0, 0.05) is 11.0 Å². The van der Waals surface area contributed by atoms with Crippen molar-refractivity contribution in [1.29, 1.82) is 0 Å². The lowest BCUT2D eigenvalue weighted by atomic mass is 9.86. The van der Waals surface area contributed by atoms with Crippen molar-refractivity contribution < 1.29 is 4.74 Å². The van der Waals surface area contributed by atoms with E-state index < -0.39 is 0 Å². The molecule has 0 aromatic carbocycles. The van der Waals surface area contributed by atoms with Crippen molar-refractivity contribution in [3.8, 4) is 0 Å². The first-order valence-corrected chi connectivity index (χ1v) is 7.95. The van der Waals surface area contributed by atoms with E-state index in [0.717, 1.165) is 12.5 Å². The van der Waals surface area contributed by atoms with E-state index in [2.05, 4.69) is 36.4 Å². The predicted octanol–water partition coefficient (Wildman–Crippen LogP) is 4.58. The smallest absolute Gasteiger partial charge is 0.0771 e. The highest BCUT2D eigenvalue weighted by atomic mass is 127. The first-order valence-electron chi connectivity index (χ1n) is 6.42. The lowest BCUT2D eigenvalue weighted by molar-refractivity contribution is -0.0636. The van der Waals surface area contributed by atoms with E-state index in [1.807, 2.05) is 0 Å². The topological polar surface area (TPSA) is 9.23 Å². The van der Waals surface area contributed by atoms with E-state index in [0.29, 0.717) is 0 Å². The summed E-state index contributed by atoms with van der Waals surface area (Å²) in [6.07, 6.45) is 9.30. The SMILES string of the molecule is CCCC(C)COC1(CI)CCCCC1. The average Bonchev–Trinajstić information content (AvgIpc) is 2.28. The van der Waals surface area contributed by atoms with Crippen LogP contribution in [0.5, 0.6) is 0 Å². The number of rotatable bonds is 6. The second kappa shape index (κ2) is 7.10. The molecule has 0 radical (unpaired) electrons. The molecular weight excluding hydrogens is 299 g/mol. The fourth-order valence-electron chi connectivity index (χ4n) is 2.41. The van der Waals surface area contributed by atoms with Gasteiger partial charge in [-0.2, -0.15) is 0 Å². The Kier molecular flexibility index (Phi) is 6.51. The Morgan fingerprint density at radius 3 is 2.47 bits per heavy atom. The zero-order chi connectivity index (χ0) is 11.1. The van der Waals surface area contributed by atoms with Crippen LogP contribution in [0.2, 0.25) is 0 Å². The quantitative estimate of drug-likeness (QED) is 0.513. The maximum absolute atomic E-state index is 6.23. The lowest BCUT2D eigenvalue weighted by Crippen LogP contribution is -2.38. The molecule has 0 amide bonds. The number of ether oxygens (including phenoxy) is 1. The van der Waals surface area contributed by atoms with E-state index in [1.54, 1.807) is 0 Å². The summed E-state index contributed by atoms with van der Waals surface area (Å²) in [5.41, 5.74) is 0.237. The Balaban J connectivity index is 2.32. The summed E-state index contributed by atoms with van der Waals surface area (Å²) < 4.78 is 7.40. The van der Waals surface area contributed by atoms with Gasteiger partial charge < -0.3 is 4.74 Å². The van der Waals surface area contributed by atoms with Crippen molar-refractivity contribution >= 4 is 22.6 Å². The fourth-order valence-corrected chi connectivity index (χ4v) is 3.39. The molecule has 0 aliphatic heterocycles. The second-order valence-electron chi connectivity index (χ2n) is 5.08. The van der Waals surface area contributed by atoms with Gasteiger partial charge in [-0.3, -0.25) is 0 Å². The highest BCUT2D eigenvalue weighted by Crippen LogP contribution is 2.33. The van der Waals surface area contributed by atoms with Gasteiger partial charge in [0.1, 0.15) is 0 Å². The molecular formula is C13H25IO. The first kappa shape index (κ1) is 13.8. The number of hydrogen-bond acceptors (Lipinski definition) is 1. The van der Waals surface area contributed by atoms with Gasteiger partial charge in [0.15, 0.2) is 0 Å². The van der Waals surface area contributed by atoms with Gasteiger partial charge in [-0.1, -0.05) is 62.1 Å². The molecule has 1 nitrogen and oxygen atoms in total. The number of halogens is 1. The Morgan fingerprint density at radius 1 is 1.27 bits per heavy atom. The molecule has 0 heterocycles. The lowest BCUT2D eigenvalue weighted by Gasteiger charge is -2.36. The van der Waals surface area contributed by atoms with Crippen molar-refractivity contribution in [2.75, 3.05) is 11.0 Å². The van der Waals surface area contributed by atoms with Gasteiger partial charge in [-0.05, 0) is 25.2 Å². The van der Waals surface area contributed by atoms with Crippen LogP contribution in [0.1, 0.15) is 58.8 Å². The first-order chi connectivity index (χ1) is 7.22. The van der Waals surface area contributed by atoms with E-state index in [4.69, 9.17) is 4.74 Å². The molecule has 0 aromatic heterocycles. The average molecular weight is 324 g/mol. The molecule has 1 aliphatic carbocycles. The molecule has 2 heteroatoms. The van der Waals surface area contributed by atoms with Crippen LogP contribution in [0, 0.1) is 5.92 Å². The Hall–Kier alpha value is 0.690. The largest absolute Gasteiger partial charge is 0.374 e. The Morgan fingerprint density at radius 2 is 1.93 bits per heavy atom. The minimum Gasteiger partial charge on any atom is -0.374 e. The van der Waals surface area contributed by atoms with Crippen molar-refractivity contribution in [2.24, 2.45) is 5.92 Å². The molecule has 15 heavy (non-hydrogen) atoms. The molecule has 1 fully saturated rings. The fraction of sp³-hybridized carbons (Fsp3) is 1.00. The predicted molar refractivity (Wildman–Crippen MR) is 74.7 cm³/mol. The van der Waals surface area contributed by atoms with E-state index in [9.17, 15) is 0 Å². The van der Waals surface area contributed by atoms with E-state index in [-0.39, 0.29) is 5.60 Å². The molecule has 0 spiro atoms. The van der Waals surface area contributed by atoms with Gasteiger partial charge in [0.25, 0.3) is 0 Å². The molecule has 0 saturated heterocycles. The summed E-state index contributed by atoms with van der Waals surface area (Å²) in [7, 11) is 0. The normalized spacial score (nSPS) is 22.6. The van der Waals surface area contributed by atoms with Crippen molar-refractivity contribution in [3.05, 3.63) is 0 Å². The summed E-state index contributed by atoms with van der Waals surface area (Å²) in [6, 6.07) is 0. The second-order valence-corrected chi connectivity index (χ2v) is 5.84. The van der Waals surface area contributed by atoms with E-state index in [1.165, 1.54) is 49.4 Å². The molecule has 1 aliphatic rings. The molecule has 90 valence electrons. The summed E-state index contributed by atoms with van der Waals surface area (Å²) in [6.45, 7) is 5.54. The van der Waals surface area contributed by atoms with Crippen LogP contribution in [0.15, 0.2) is 0 Å². The summed E-state index contributed by atoms with van der Waals surface area (Å²) in [5, 5.41) is 0. The maximum atomic E-state index is 6.23. The third kappa shape index (κ3) is 4.59. The Labute approximate surface area is 108 Å². The van der Waals surface area contributed by atoms with Crippen LogP contribution in [0.4, 0.5) is 0 Å². The third-order valence-corrected chi connectivity index (χ3v) is 4.85. The summed E-state index contributed by atoms with van der Waals surface area (Å²) in [4.78, 5) is 0. The molecule has 0 aromatic rings. The van der Waals surface area contributed by atoms with Crippen molar-refractivity contribution in [2.45, 2.75) is 64.4 Å². The van der Waals surface area contributed by atoms with Gasteiger partial charge in [0.05, 0.1) is 5.60 Å². The summed E-state index contributed by atoms with van der Waals surface area (Å²) in [5.74, 6) is 0.733. The minimum atomic E-state index is 0.237. The van der Waals surface area contributed by atoms with Crippen molar-refractivity contribution in [1.82, 2.24) is 0 Å². The molecule has 1 atom stereocenters. The van der Waals surface area contributed by atoms with Crippen LogP contribution < -0.4 is 0 Å². The molecule has 0 N–H and O–H groups in total. The minimum absolute atomic E-state index is 0.237. The van der Waals surface area contributed by atoms with Crippen LogP contribution in [-0.2, 0) is 4.74 Å². The van der Waals surface area contributed by atoms with Crippen LogP contribution in [0.25, 0.3) is 0 Å². The Bertz CT molecular complexity index is 164. The highest BCUT2D eigenvalue weighted by Gasteiger charge is 2.31. The monoisotopic (exact) mass is 324 g/mol. The van der Waals surface area contributed by atoms with Gasteiger partial charge >= 0.3 is 0 Å². The molecule has 1 saturated carbocycles. The number of alkyl halides is 1. The number of hydrogen-bond donors (Lipinski definition) is 0. The van der Waals surface area contributed by atoms with Crippen LogP contribution >= 0.6 is 22.6 Å². The van der Waals surface area contributed by atoms with Crippen LogP contribution in [0.3, 0.4) is 0 Å². The van der Waals surface area contributed by atoms with Crippen LogP contribution in [-0.4, -0.2) is 16.6 Å². The third-order valence-electron chi connectivity index (χ3n) is 3.46.